The van der Waals surface area contributed by atoms with Gasteiger partial charge in [-0.25, -0.2) is 0 Å². The smallest absolute Gasteiger partial charge is 0.193 e. The second kappa shape index (κ2) is 13.0. The number of anilines is 1. The third-order valence-electron chi connectivity index (χ3n) is 4.52. The van der Waals surface area contributed by atoms with Crippen LogP contribution in [0.4, 0.5) is 5.69 Å². The summed E-state index contributed by atoms with van der Waals surface area (Å²) in [4.78, 5) is 9.18. The van der Waals surface area contributed by atoms with Crippen molar-refractivity contribution in [1.82, 2.24) is 10.2 Å². The number of methoxy groups -OCH3 is 2. The highest BCUT2D eigenvalue weighted by atomic mass is 127. The minimum absolute atomic E-state index is 0. The summed E-state index contributed by atoms with van der Waals surface area (Å²) in [6, 6.07) is 8.27. The Kier molecular flexibility index (Phi) is 11.4. The Morgan fingerprint density at radius 1 is 1.12 bits per heavy atom. The van der Waals surface area contributed by atoms with Crippen molar-refractivity contribution in [3.05, 3.63) is 24.3 Å². The molecule has 2 rings (SSSR count). The second-order valence-corrected chi connectivity index (χ2v) is 6.20. The summed E-state index contributed by atoms with van der Waals surface area (Å²) < 4.78 is 10.4. The van der Waals surface area contributed by atoms with Crippen molar-refractivity contribution < 1.29 is 9.47 Å². The average molecular weight is 476 g/mol. The highest BCUT2D eigenvalue weighted by molar-refractivity contribution is 14.0. The van der Waals surface area contributed by atoms with Gasteiger partial charge in [-0.1, -0.05) is 6.07 Å². The lowest BCUT2D eigenvalue weighted by Crippen LogP contribution is -2.52. The lowest BCUT2D eigenvalue weighted by molar-refractivity contribution is 0.192. The third kappa shape index (κ3) is 7.19. The zero-order valence-corrected chi connectivity index (χ0v) is 18.6. The van der Waals surface area contributed by atoms with E-state index in [1.54, 1.807) is 14.2 Å². The summed E-state index contributed by atoms with van der Waals surface area (Å²) in [5, 5.41) is 3.49. The molecule has 1 aromatic rings. The van der Waals surface area contributed by atoms with Crippen molar-refractivity contribution in [2.24, 2.45) is 4.99 Å². The minimum Gasteiger partial charge on any atom is -0.497 e. The number of hydrogen-bond acceptors (Lipinski definition) is 4. The standard InChI is InChI=1S/C19H32N4O2.HI/c1-20-19(21-10-5-4-6-15-24-2)23-13-11-22(12-14-23)17-8-7-9-18(16-17)25-3;/h7-9,16H,4-6,10-15H2,1-3H3,(H,20,21);1H. The van der Waals surface area contributed by atoms with Crippen molar-refractivity contribution in [1.29, 1.82) is 0 Å². The number of rotatable bonds is 8. The molecule has 0 radical (unpaired) electrons. The lowest BCUT2D eigenvalue weighted by atomic mass is 10.2. The first-order valence-electron chi connectivity index (χ1n) is 9.12. The number of unbranched alkanes of at least 4 members (excludes halogenated alkanes) is 2. The molecule has 7 heteroatoms. The van der Waals surface area contributed by atoms with Crippen LogP contribution >= 0.6 is 24.0 Å². The van der Waals surface area contributed by atoms with Gasteiger partial charge in [-0.2, -0.15) is 0 Å². The molecule has 0 saturated carbocycles. The average Bonchev–Trinajstić information content (AvgIpc) is 2.68. The second-order valence-electron chi connectivity index (χ2n) is 6.20. The number of benzene rings is 1. The fraction of sp³-hybridized carbons (Fsp3) is 0.632. The molecule has 148 valence electrons. The Balaban J connectivity index is 0.00000338. The molecule has 1 saturated heterocycles. The van der Waals surface area contributed by atoms with Gasteiger partial charge in [-0.15, -0.1) is 24.0 Å². The maximum atomic E-state index is 5.33. The van der Waals surface area contributed by atoms with Crippen molar-refractivity contribution in [3.8, 4) is 5.75 Å². The minimum atomic E-state index is 0. The molecule has 1 fully saturated rings. The van der Waals surface area contributed by atoms with E-state index in [-0.39, 0.29) is 24.0 Å². The number of nitrogens with one attached hydrogen (secondary N) is 1. The summed E-state index contributed by atoms with van der Waals surface area (Å²) in [6.07, 6.45) is 3.45. The zero-order valence-electron chi connectivity index (χ0n) is 16.2. The number of aliphatic imine (C=N–C) groups is 1. The molecule has 0 amide bonds. The first-order chi connectivity index (χ1) is 12.3. The van der Waals surface area contributed by atoms with Crippen LogP contribution in [0.15, 0.2) is 29.3 Å². The van der Waals surface area contributed by atoms with Gasteiger partial charge in [-0.3, -0.25) is 4.99 Å². The normalized spacial score (nSPS) is 14.8. The van der Waals surface area contributed by atoms with E-state index in [1.807, 2.05) is 19.2 Å². The Morgan fingerprint density at radius 2 is 1.88 bits per heavy atom. The van der Waals surface area contributed by atoms with Gasteiger partial charge >= 0.3 is 0 Å². The molecule has 1 N–H and O–H groups in total. The van der Waals surface area contributed by atoms with Gasteiger partial charge in [0.25, 0.3) is 0 Å². The van der Waals surface area contributed by atoms with Gasteiger partial charge in [0.15, 0.2) is 5.96 Å². The largest absolute Gasteiger partial charge is 0.497 e. The van der Waals surface area contributed by atoms with Crippen molar-refractivity contribution in [3.63, 3.8) is 0 Å². The highest BCUT2D eigenvalue weighted by Gasteiger charge is 2.19. The van der Waals surface area contributed by atoms with Gasteiger partial charge < -0.3 is 24.6 Å². The Bertz CT molecular complexity index is 534. The van der Waals surface area contributed by atoms with E-state index < -0.39 is 0 Å². The maximum Gasteiger partial charge on any atom is 0.193 e. The van der Waals surface area contributed by atoms with Crippen LogP contribution < -0.4 is 15.0 Å². The molecule has 1 aliphatic rings. The summed E-state index contributed by atoms with van der Waals surface area (Å²) >= 11 is 0. The molecule has 0 unspecified atom stereocenters. The van der Waals surface area contributed by atoms with Crippen LogP contribution in [0.2, 0.25) is 0 Å². The molecule has 1 heterocycles. The van der Waals surface area contributed by atoms with Gasteiger partial charge in [0, 0.05) is 65.2 Å². The number of piperazine rings is 1. The maximum absolute atomic E-state index is 5.33. The van der Waals surface area contributed by atoms with E-state index in [9.17, 15) is 0 Å². The topological polar surface area (TPSA) is 49.3 Å². The number of nitrogens with zero attached hydrogens (tertiary/aromatic N) is 3. The fourth-order valence-corrected chi connectivity index (χ4v) is 3.06. The van der Waals surface area contributed by atoms with E-state index in [1.165, 1.54) is 12.1 Å². The number of guanidine groups is 1. The Hall–Kier alpha value is -1.22. The fourth-order valence-electron chi connectivity index (χ4n) is 3.06. The molecule has 1 aliphatic heterocycles. The molecule has 0 spiro atoms. The van der Waals surface area contributed by atoms with E-state index in [0.29, 0.717) is 0 Å². The van der Waals surface area contributed by atoms with E-state index in [0.717, 1.165) is 63.9 Å². The van der Waals surface area contributed by atoms with Crippen LogP contribution in [-0.4, -0.2) is 71.5 Å². The van der Waals surface area contributed by atoms with Crippen molar-refractivity contribution in [2.75, 3.05) is 65.5 Å². The van der Waals surface area contributed by atoms with Crippen LogP contribution in [-0.2, 0) is 4.74 Å². The first kappa shape index (κ1) is 22.8. The molecule has 0 atom stereocenters. The number of ether oxygens (including phenoxy) is 2. The van der Waals surface area contributed by atoms with Crippen LogP contribution in [0.1, 0.15) is 19.3 Å². The zero-order chi connectivity index (χ0) is 17.9. The molecule has 26 heavy (non-hydrogen) atoms. The molecule has 6 nitrogen and oxygen atoms in total. The molecule has 1 aromatic carbocycles. The quantitative estimate of drug-likeness (QED) is 0.271. The van der Waals surface area contributed by atoms with Crippen LogP contribution in [0.25, 0.3) is 0 Å². The Labute approximate surface area is 175 Å². The highest BCUT2D eigenvalue weighted by Crippen LogP contribution is 2.22. The Morgan fingerprint density at radius 3 is 2.54 bits per heavy atom. The molecule has 0 bridgehead atoms. The SMILES string of the molecule is CN=C(NCCCCCOC)N1CCN(c2cccc(OC)c2)CC1.I. The number of hydrogen-bond donors (Lipinski definition) is 1. The van der Waals surface area contributed by atoms with Crippen LogP contribution in [0, 0.1) is 0 Å². The predicted octanol–water partition coefficient (Wildman–Crippen LogP) is 2.83. The van der Waals surface area contributed by atoms with Gasteiger partial charge in [0.2, 0.25) is 0 Å². The predicted molar refractivity (Wildman–Crippen MR) is 119 cm³/mol. The molecular weight excluding hydrogens is 443 g/mol. The summed E-state index contributed by atoms with van der Waals surface area (Å²) in [7, 11) is 5.33. The molecular formula is C19H33IN4O2. The third-order valence-corrected chi connectivity index (χ3v) is 4.52. The monoisotopic (exact) mass is 476 g/mol. The summed E-state index contributed by atoms with van der Waals surface area (Å²) in [5.41, 5.74) is 1.22. The first-order valence-corrected chi connectivity index (χ1v) is 9.12. The van der Waals surface area contributed by atoms with Crippen LogP contribution in [0.5, 0.6) is 5.75 Å². The van der Waals surface area contributed by atoms with Gasteiger partial charge in [-0.05, 0) is 31.4 Å². The molecule has 0 aliphatic carbocycles. The van der Waals surface area contributed by atoms with Gasteiger partial charge in [0.05, 0.1) is 7.11 Å². The lowest BCUT2D eigenvalue weighted by Gasteiger charge is -2.37. The summed E-state index contributed by atoms with van der Waals surface area (Å²) in [6.45, 7) is 5.73. The van der Waals surface area contributed by atoms with E-state index >= 15 is 0 Å². The molecule has 0 aromatic heterocycles. The number of halogens is 1. The van der Waals surface area contributed by atoms with Gasteiger partial charge in [0.1, 0.15) is 5.75 Å². The van der Waals surface area contributed by atoms with E-state index in [4.69, 9.17) is 9.47 Å². The summed E-state index contributed by atoms with van der Waals surface area (Å²) in [5.74, 6) is 1.92. The van der Waals surface area contributed by atoms with Crippen molar-refractivity contribution in [2.45, 2.75) is 19.3 Å². The van der Waals surface area contributed by atoms with Crippen LogP contribution in [0.3, 0.4) is 0 Å². The van der Waals surface area contributed by atoms with E-state index in [2.05, 4.69) is 32.2 Å². The van der Waals surface area contributed by atoms with Crippen molar-refractivity contribution >= 4 is 35.6 Å².